The number of nitrogens with zero attached hydrogens (tertiary/aromatic N) is 3. The molecule has 1 aromatic heterocycles. The number of nitrogens with two attached hydrogens (primary N) is 1. The summed E-state index contributed by atoms with van der Waals surface area (Å²) in [6.45, 7) is 1.97. The summed E-state index contributed by atoms with van der Waals surface area (Å²) in [6.07, 6.45) is 1.50. The fourth-order valence-corrected chi connectivity index (χ4v) is 2.13. The van der Waals surface area contributed by atoms with Gasteiger partial charge in [0, 0.05) is 16.8 Å². The molecule has 0 spiro atoms. The molecular formula is C16H13N5. The van der Waals surface area contributed by atoms with E-state index in [4.69, 9.17) is 11.0 Å². The molecule has 3 rings (SSSR count). The minimum atomic E-state index is 0.598. The molecule has 0 aliphatic carbocycles. The van der Waals surface area contributed by atoms with Gasteiger partial charge >= 0.3 is 0 Å². The number of aryl methyl sites for hydroxylation is 1. The average Bonchev–Trinajstić information content (AvgIpc) is 2.50. The lowest BCUT2D eigenvalue weighted by atomic mass is 10.1. The van der Waals surface area contributed by atoms with Crippen LogP contribution >= 0.6 is 0 Å². The Morgan fingerprint density at radius 2 is 2.00 bits per heavy atom. The van der Waals surface area contributed by atoms with Crippen molar-refractivity contribution in [1.29, 1.82) is 5.26 Å². The van der Waals surface area contributed by atoms with Crippen LogP contribution in [0.4, 0.5) is 17.2 Å². The Labute approximate surface area is 122 Å². The Morgan fingerprint density at radius 3 is 2.81 bits per heavy atom. The lowest BCUT2D eigenvalue weighted by molar-refractivity contribution is 1.21. The molecule has 2 aromatic carbocycles. The van der Waals surface area contributed by atoms with Crippen molar-refractivity contribution in [3.8, 4) is 6.07 Å². The van der Waals surface area contributed by atoms with Gasteiger partial charge in [-0.25, -0.2) is 9.97 Å². The number of fused-ring (bicyclic) bond motifs is 1. The van der Waals surface area contributed by atoms with Crippen molar-refractivity contribution in [3.63, 3.8) is 0 Å². The van der Waals surface area contributed by atoms with Crippen molar-refractivity contribution in [2.75, 3.05) is 11.1 Å². The highest BCUT2D eigenvalue weighted by molar-refractivity contribution is 5.92. The van der Waals surface area contributed by atoms with Crippen LogP contribution in [0, 0.1) is 18.3 Å². The maximum absolute atomic E-state index is 9.01. The molecule has 1 heterocycles. The maximum atomic E-state index is 9.01. The van der Waals surface area contributed by atoms with E-state index in [9.17, 15) is 0 Å². The molecule has 0 saturated carbocycles. The molecule has 3 N–H and O–H groups in total. The van der Waals surface area contributed by atoms with Gasteiger partial charge in [0.15, 0.2) is 0 Å². The molecule has 102 valence electrons. The second-order valence-electron chi connectivity index (χ2n) is 4.77. The van der Waals surface area contributed by atoms with Gasteiger partial charge in [-0.2, -0.15) is 5.26 Å². The molecule has 0 radical (unpaired) electrons. The molecule has 0 aliphatic rings. The normalized spacial score (nSPS) is 10.3. The predicted molar refractivity (Wildman–Crippen MR) is 83.1 cm³/mol. The monoisotopic (exact) mass is 275 g/mol. The summed E-state index contributed by atoms with van der Waals surface area (Å²) in [5.41, 5.74) is 9.78. The standard InChI is InChI=1S/C16H13N5/c1-10-2-3-11(8-17)6-15(10)21-16-13-7-12(18)4-5-14(13)19-9-20-16/h2-7,9H,18H2,1H3,(H,19,20,21). The van der Waals surface area contributed by atoms with Crippen LogP contribution in [-0.4, -0.2) is 9.97 Å². The molecule has 0 aliphatic heterocycles. The van der Waals surface area contributed by atoms with Gasteiger partial charge in [-0.15, -0.1) is 0 Å². The van der Waals surface area contributed by atoms with Crippen molar-refractivity contribution in [1.82, 2.24) is 9.97 Å². The van der Waals surface area contributed by atoms with E-state index in [1.807, 2.05) is 25.1 Å². The van der Waals surface area contributed by atoms with Crippen LogP contribution in [-0.2, 0) is 0 Å². The maximum Gasteiger partial charge on any atom is 0.141 e. The second kappa shape index (κ2) is 5.10. The van der Waals surface area contributed by atoms with E-state index in [2.05, 4.69) is 21.4 Å². The molecule has 21 heavy (non-hydrogen) atoms. The highest BCUT2D eigenvalue weighted by Crippen LogP contribution is 2.26. The SMILES string of the molecule is Cc1ccc(C#N)cc1Nc1ncnc2ccc(N)cc12. The second-order valence-corrected chi connectivity index (χ2v) is 4.77. The number of hydrogen-bond donors (Lipinski definition) is 2. The summed E-state index contributed by atoms with van der Waals surface area (Å²) in [7, 11) is 0. The summed E-state index contributed by atoms with van der Waals surface area (Å²) in [5, 5.41) is 13.1. The van der Waals surface area contributed by atoms with Crippen LogP contribution in [0.5, 0.6) is 0 Å². The molecule has 0 unspecified atom stereocenters. The minimum absolute atomic E-state index is 0.598. The smallest absolute Gasteiger partial charge is 0.141 e. The first-order chi connectivity index (χ1) is 10.2. The summed E-state index contributed by atoms with van der Waals surface area (Å²) in [6, 6.07) is 13.1. The lowest BCUT2D eigenvalue weighted by Crippen LogP contribution is -1.99. The summed E-state index contributed by atoms with van der Waals surface area (Å²) in [5.74, 6) is 0.672. The first kappa shape index (κ1) is 12.9. The Bertz CT molecular complexity index is 864. The zero-order valence-electron chi connectivity index (χ0n) is 11.5. The number of nitrogen functional groups attached to an aromatic ring is 1. The quantitative estimate of drug-likeness (QED) is 0.701. The van der Waals surface area contributed by atoms with Crippen LogP contribution in [0.2, 0.25) is 0 Å². The number of anilines is 3. The van der Waals surface area contributed by atoms with E-state index in [0.717, 1.165) is 22.2 Å². The number of aromatic nitrogens is 2. The van der Waals surface area contributed by atoms with Crippen LogP contribution in [0.3, 0.4) is 0 Å². The van der Waals surface area contributed by atoms with Crippen molar-refractivity contribution >= 4 is 28.1 Å². The third kappa shape index (κ3) is 2.47. The van der Waals surface area contributed by atoms with Crippen molar-refractivity contribution in [2.24, 2.45) is 0 Å². The van der Waals surface area contributed by atoms with Crippen LogP contribution in [0.1, 0.15) is 11.1 Å². The summed E-state index contributed by atoms with van der Waals surface area (Å²) in [4.78, 5) is 8.50. The number of hydrogen-bond acceptors (Lipinski definition) is 5. The Kier molecular flexibility index (Phi) is 3.13. The van der Waals surface area contributed by atoms with Gasteiger partial charge in [-0.05, 0) is 42.8 Å². The topological polar surface area (TPSA) is 87.6 Å². The first-order valence-electron chi connectivity index (χ1n) is 6.45. The fraction of sp³-hybridized carbons (Fsp3) is 0.0625. The first-order valence-corrected chi connectivity index (χ1v) is 6.45. The average molecular weight is 275 g/mol. The molecule has 5 heteroatoms. The van der Waals surface area contributed by atoms with Gasteiger partial charge in [0.2, 0.25) is 0 Å². The van der Waals surface area contributed by atoms with E-state index in [-0.39, 0.29) is 0 Å². The molecule has 0 amide bonds. The molecular weight excluding hydrogens is 262 g/mol. The van der Waals surface area contributed by atoms with E-state index in [1.54, 1.807) is 18.2 Å². The van der Waals surface area contributed by atoms with E-state index in [1.165, 1.54) is 6.33 Å². The van der Waals surface area contributed by atoms with Gasteiger partial charge in [-0.3, -0.25) is 0 Å². The van der Waals surface area contributed by atoms with E-state index in [0.29, 0.717) is 17.1 Å². The van der Waals surface area contributed by atoms with Gasteiger partial charge in [0.05, 0.1) is 17.1 Å². The Balaban J connectivity index is 2.10. The highest BCUT2D eigenvalue weighted by Gasteiger charge is 2.07. The summed E-state index contributed by atoms with van der Waals surface area (Å²) < 4.78 is 0. The fourth-order valence-electron chi connectivity index (χ4n) is 2.13. The highest BCUT2D eigenvalue weighted by atomic mass is 15.0. The largest absolute Gasteiger partial charge is 0.399 e. The van der Waals surface area contributed by atoms with Crippen LogP contribution < -0.4 is 11.1 Å². The van der Waals surface area contributed by atoms with E-state index < -0.39 is 0 Å². The molecule has 0 saturated heterocycles. The number of nitriles is 1. The Hall–Kier alpha value is -3.13. The Morgan fingerprint density at radius 1 is 1.14 bits per heavy atom. The van der Waals surface area contributed by atoms with Gasteiger partial charge in [0.25, 0.3) is 0 Å². The molecule has 0 fully saturated rings. The number of benzene rings is 2. The van der Waals surface area contributed by atoms with Crippen LogP contribution in [0.25, 0.3) is 10.9 Å². The van der Waals surface area contributed by atoms with Gasteiger partial charge < -0.3 is 11.1 Å². The third-order valence-corrected chi connectivity index (χ3v) is 3.28. The zero-order chi connectivity index (χ0) is 14.8. The minimum Gasteiger partial charge on any atom is -0.399 e. The molecule has 0 bridgehead atoms. The lowest BCUT2D eigenvalue weighted by Gasteiger charge is -2.11. The van der Waals surface area contributed by atoms with Crippen molar-refractivity contribution < 1.29 is 0 Å². The van der Waals surface area contributed by atoms with Crippen molar-refractivity contribution in [3.05, 3.63) is 53.9 Å². The van der Waals surface area contributed by atoms with E-state index >= 15 is 0 Å². The number of rotatable bonds is 2. The third-order valence-electron chi connectivity index (χ3n) is 3.28. The molecule has 5 nitrogen and oxygen atoms in total. The van der Waals surface area contributed by atoms with Crippen molar-refractivity contribution in [2.45, 2.75) is 6.92 Å². The number of nitrogens with one attached hydrogen (secondary N) is 1. The van der Waals surface area contributed by atoms with Gasteiger partial charge in [-0.1, -0.05) is 6.07 Å². The predicted octanol–water partition coefficient (Wildman–Crippen LogP) is 3.14. The van der Waals surface area contributed by atoms with Crippen LogP contribution in [0.15, 0.2) is 42.7 Å². The molecule has 0 atom stereocenters. The zero-order valence-corrected chi connectivity index (χ0v) is 11.5. The summed E-state index contributed by atoms with van der Waals surface area (Å²) >= 11 is 0. The van der Waals surface area contributed by atoms with Gasteiger partial charge in [0.1, 0.15) is 12.1 Å². The molecule has 3 aromatic rings.